The van der Waals surface area contributed by atoms with Gasteiger partial charge in [0, 0.05) is 12.3 Å². The zero-order valence-corrected chi connectivity index (χ0v) is 9.91. The van der Waals surface area contributed by atoms with Crippen molar-refractivity contribution in [2.24, 2.45) is 0 Å². The van der Waals surface area contributed by atoms with Gasteiger partial charge in [-0.25, -0.2) is 14.5 Å². The number of nitrogens with zero attached hydrogens (tertiary/aromatic N) is 3. The molecule has 2 heterocycles. The summed E-state index contributed by atoms with van der Waals surface area (Å²) >= 11 is 0. The van der Waals surface area contributed by atoms with Gasteiger partial charge < -0.3 is 5.11 Å². The van der Waals surface area contributed by atoms with E-state index >= 15 is 0 Å². The molecule has 0 unspecified atom stereocenters. The van der Waals surface area contributed by atoms with Gasteiger partial charge in [0.1, 0.15) is 0 Å². The Morgan fingerprint density at radius 1 is 1.50 bits per heavy atom. The first-order chi connectivity index (χ1) is 8.47. The van der Waals surface area contributed by atoms with E-state index in [2.05, 4.69) is 15.1 Å². The van der Waals surface area contributed by atoms with Crippen molar-refractivity contribution in [2.45, 2.75) is 19.8 Å². The van der Waals surface area contributed by atoms with Crippen LogP contribution in [-0.2, 0) is 0 Å². The summed E-state index contributed by atoms with van der Waals surface area (Å²) in [5, 5.41) is 12.6. The number of rotatable bonds is 3. The first-order valence-corrected chi connectivity index (χ1v) is 5.38. The monoisotopic (exact) mass is 248 g/mol. The zero-order chi connectivity index (χ0) is 13.3. The second-order valence-electron chi connectivity index (χ2n) is 4.10. The van der Waals surface area contributed by atoms with Crippen LogP contribution in [-0.4, -0.2) is 30.8 Å². The lowest BCUT2D eigenvalue weighted by atomic mass is 10.1. The van der Waals surface area contributed by atoms with E-state index in [1.54, 1.807) is 0 Å². The fourth-order valence-corrected chi connectivity index (χ4v) is 1.42. The summed E-state index contributed by atoms with van der Waals surface area (Å²) in [6, 6.07) is 2.75. The van der Waals surface area contributed by atoms with Gasteiger partial charge >= 0.3 is 5.97 Å². The first kappa shape index (κ1) is 12.0. The van der Waals surface area contributed by atoms with Gasteiger partial charge in [0.25, 0.3) is 5.56 Å². The zero-order valence-electron chi connectivity index (χ0n) is 9.91. The number of hydrogen-bond acceptors (Lipinski definition) is 4. The molecule has 2 N–H and O–H groups in total. The highest BCUT2D eigenvalue weighted by atomic mass is 16.4. The summed E-state index contributed by atoms with van der Waals surface area (Å²) in [7, 11) is 0. The Morgan fingerprint density at radius 2 is 2.22 bits per heavy atom. The van der Waals surface area contributed by atoms with Crippen LogP contribution < -0.4 is 5.56 Å². The molecular formula is C11H12N4O3. The van der Waals surface area contributed by atoms with Crippen LogP contribution in [0, 0.1) is 0 Å². The molecule has 0 saturated heterocycles. The number of H-pyrrole nitrogens is 1. The minimum atomic E-state index is -1.13. The molecule has 0 spiro atoms. The molecule has 2 rings (SSSR count). The fourth-order valence-electron chi connectivity index (χ4n) is 1.42. The Balaban J connectivity index is 2.49. The summed E-state index contributed by atoms with van der Waals surface area (Å²) in [4.78, 5) is 28.9. The minimum Gasteiger partial charge on any atom is -0.476 e. The van der Waals surface area contributed by atoms with Crippen LogP contribution in [0.1, 0.15) is 35.9 Å². The van der Waals surface area contributed by atoms with Crippen molar-refractivity contribution in [3.05, 3.63) is 40.1 Å². The Morgan fingerprint density at radius 3 is 2.78 bits per heavy atom. The molecular weight excluding hydrogens is 236 g/mol. The van der Waals surface area contributed by atoms with Gasteiger partial charge in [0.2, 0.25) is 5.95 Å². The predicted octanol–water partition coefficient (Wildman–Crippen LogP) is 0.777. The predicted molar refractivity (Wildman–Crippen MR) is 63.0 cm³/mol. The van der Waals surface area contributed by atoms with Gasteiger partial charge in [-0.05, 0) is 12.0 Å². The van der Waals surface area contributed by atoms with Crippen molar-refractivity contribution in [3.8, 4) is 5.95 Å². The van der Waals surface area contributed by atoms with Crippen molar-refractivity contribution < 1.29 is 9.90 Å². The summed E-state index contributed by atoms with van der Waals surface area (Å²) in [6.45, 7) is 3.83. The largest absolute Gasteiger partial charge is 0.476 e. The van der Waals surface area contributed by atoms with Crippen LogP contribution >= 0.6 is 0 Å². The van der Waals surface area contributed by atoms with Gasteiger partial charge in [0.05, 0.1) is 5.69 Å². The number of carboxylic acid groups (broad SMARTS) is 1. The Bertz CT molecular complexity index is 642. The summed E-state index contributed by atoms with van der Waals surface area (Å²) in [6.07, 6.45) is 1.44. The van der Waals surface area contributed by atoms with Gasteiger partial charge in [-0.1, -0.05) is 13.8 Å². The molecule has 0 aliphatic heterocycles. The number of carbonyl (C=O) groups is 1. The highest BCUT2D eigenvalue weighted by Gasteiger charge is 2.11. The molecule has 0 atom stereocenters. The van der Waals surface area contributed by atoms with Crippen LogP contribution in [0.5, 0.6) is 0 Å². The van der Waals surface area contributed by atoms with Gasteiger partial charge in [-0.3, -0.25) is 9.78 Å². The van der Waals surface area contributed by atoms with Crippen molar-refractivity contribution in [1.29, 1.82) is 0 Å². The van der Waals surface area contributed by atoms with Crippen molar-refractivity contribution >= 4 is 5.97 Å². The molecule has 2 aromatic heterocycles. The van der Waals surface area contributed by atoms with Crippen LogP contribution in [0.3, 0.4) is 0 Å². The van der Waals surface area contributed by atoms with Crippen LogP contribution in [0.2, 0.25) is 0 Å². The molecule has 94 valence electrons. The third-order valence-corrected chi connectivity index (χ3v) is 2.37. The van der Waals surface area contributed by atoms with Crippen molar-refractivity contribution in [3.63, 3.8) is 0 Å². The highest BCUT2D eigenvalue weighted by Crippen LogP contribution is 2.10. The molecule has 7 heteroatoms. The molecule has 0 amide bonds. The molecule has 0 saturated carbocycles. The molecule has 0 radical (unpaired) electrons. The number of hydrogen-bond donors (Lipinski definition) is 2. The number of aromatic carboxylic acids is 1. The average molecular weight is 248 g/mol. The summed E-state index contributed by atoms with van der Waals surface area (Å²) in [5.41, 5.74) is 0.227. The second-order valence-corrected chi connectivity index (χ2v) is 4.10. The maximum Gasteiger partial charge on any atom is 0.356 e. The summed E-state index contributed by atoms with van der Waals surface area (Å²) < 4.78 is 1.23. The molecule has 2 aromatic rings. The van der Waals surface area contributed by atoms with E-state index in [4.69, 9.17) is 5.11 Å². The maximum atomic E-state index is 11.5. The maximum absolute atomic E-state index is 11.5. The van der Waals surface area contributed by atoms with Crippen LogP contribution in [0.4, 0.5) is 0 Å². The quantitative estimate of drug-likeness (QED) is 0.835. The molecule has 7 nitrogen and oxygen atoms in total. The SMILES string of the molecule is CC(C)c1cc(=O)[nH]c(-n2ccc(C(=O)O)n2)n1. The Kier molecular flexibility index (Phi) is 2.97. The van der Waals surface area contributed by atoms with E-state index in [9.17, 15) is 9.59 Å². The van der Waals surface area contributed by atoms with Gasteiger partial charge in [-0.2, -0.15) is 5.10 Å². The first-order valence-electron chi connectivity index (χ1n) is 5.38. The van der Waals surface area contributed by atoms with E-state index in [-0.39, 0.29) is 23.1 Å². The Hall–Kier alpha value is -2.44. The Labute approximate surface area is 102 Å². The third-order valence-electron chi connectivity index (χ3n) is 2.37. The van der Waals surface area contributed by atoms with E-state index in [0.29, 0.717) is 5.69 Å². The molecule has 18 heavy (non-hydrogen) atoms. The van der Waals surface area contributed by atoms with Crippen LogP contribution in [0.25, 0.3) is 5.95 Å². The smallest absolute Gasteiger partial charge is 0.356 e. The number of aromatic nitrogens is 4. The number of aromatic amines is 1. The lowest BCUT2D eigenvalue weighted by molar-refractivity contribution is 0.0690. The molecule has 0 fully saturated rings. The highest BCUT2D eigenvalue weighted by molar-refractivity contribution is 5.85. The molecule has 0 bridgehead atoms. The second kappa shape index (κ2) is 4.44. The lowest BCUT2D eigenvalue weighted by Crippen LogP contribution is -2.15. The number of nitrogens with one attached hydrogen (secondary N) is 1. The van der Waals surface area contributed by atoms with Gasteiger partial charge in [-0.15, -0.1) is 0 Å². The third kappa shape index (κ3) is 2.29. The van der Waals surface area contributed by atoms with E-state index in [0.717, 1.165) is 0 Å². The fraction of sp³-hybridized carbons (Fsp3) is 0.273. The minimum absolute atomic E-state index is 0.0977. The lowest BCUT2D eigenvalue weighted by Gasteiger charge is -2.06. The average Bonchev–Trinajstić information content (AvgIpc) is 2.77. The molecule has 0 aromatic carbocycles. The van der Waals surface area contributed by atoms with E-state index in [1.165, 1.54) is 23.0 Å². The van der Waals surface area contributed by atoms with Gasteiger partial charge in [0.15, 0.2) is 5.69 Å². The van der Waals surface area contributed by atoms with E-state index in [1.807, 2.05) is 13.8 Å². The standard InChI is InChI=1S/C11H12N4O3/c1-6(2)8-5-9(16)13-11(12-8)15-4-3-7(14-15)10(17)18/h3-6H,1-2H3,(H,17,18)(H,12,13,16). The summed E-state index contributed by atoms with van der Waals surface area (Å²) in [5.74, 6) is -0.824. The van der Waals surface area contributed by atoms with Crippen LogP contribution in [0.15, 0.2) is 23.1 Å². The van der Waals surface area contributed by atoms with E-state index < -0.39 is 5.97 Å². The van der Waals surface area contributed by atoms with Crippen molar-refractivity contribution in [1.82, 2.24) is 19.7 Å². The topological polar surface area (TPSA) is 101 Å². The normalized spacial score (nSPS) is 10.8. The van der Waals surface area contributed by atoms with Crippen molar-refractivity contribution in [2.75, 3.05) is 0 Å². The molecule has 0 aliphatic carbocycles. The molecule has 0 aliphatic rings. The number of carboxylic acids is 1.